The molecule has 1 saturated heterocycles. The standard InChI is InChI=1S/C32H40N5O2P3/c33-17-25(24-11-3-6-14-28(24)34)29(38)36-21-18-37(19-21)16-8-7-15-31(30(39)35-20-32(40,41)42)26-12-4-1-9-22(26)23-10-2-5-13-27(23)31/h1-6,9-14,17,21H,7-8,15-16,18-20,33-34,40-42H2,(H,35,39)(H,36,38)/b25-17+. The van der Waals surface area contributed by atoms with E-state index >= 15 is 0 Å². The lowest BCUT2D eigenvalue weighted by atomic mass is 9.73. The maximum absolute atomic E-state index is 14.1. The van der Waals surface area contributed by atoms with E-state index in [4.69, 9.17) is 11.5 Å². The number of unbranched alkanes of at least 4 members (excludes halogenated alkanes) is 1. The normalized spacial score (nSPS) is 16.3. The zero-order valence-corrected chi connectivity index (χ0v) is 27.1. The van der Waals surface area contributed by atoms with Crippen molar-refractivity contribution in [2.75, 3.05) is 31.9 Å². The average molecular weight is 620 g/mol. The first-order valence-electron chi connectivity index (χ1n) is 14.3. The molecule has 0 spiro atoms. The third-order valence-corrected chi connectivity index (χ3v) is 8.85. The lowest BCUT2D eigenvalue weighted by molar-refractivity contribution is -0.125. The van der Waals surface area contributed by atoms with Crippen LogP contribution in [-0.4, -0.2) is 53.6 Å². The number of para-hydroxylation sites is 1. The molecule has 0 aromatic heterocycles. The second kappa shape index (κ2) is 12.8. The zero-order chi connectivity index (χ0) is 29.9. The predicted octanol–water partition coefficient (Wildman–Crippen LogP) is 3.90. The van der Waals surface area contributed by atoms with Gasteiger partial charge in [0.15, 0.2) is 0 Å². The largest absolute Gasteiger partial charge is 0.404 e. The van der Waals surface area contributed by atoms with Crippen LogP contribution in [0.3, 0.4) is 0 Å². The molecule has 2 aliphatic rings. The van der Waals surface area contributed by atoms with Gasteiger partial charge in [0.2, 0.25) is 5.91 Å². The minimum absolute atomic E-state index is 0.0474. The Hall–Kier alpha value is -2.81. The maximum atomic E-state index is 14.1. The Morgan fingerprint density at radius 2 is 1.52 bits per heavy atom. The highest BCUT2D eigenvalue weighted by Gasteiger charge is 2.48. The summed E-state index contributed by atoms with van der Waals surface area (Å²) in [6.45, 7) is 2.98. The zero-order valence-electron chi connectivity index (χ0n) is 23.7. The van der Waals surface area contributed by atoms with Gasteiger partial charge >= 0.3 is 0 Å². The quantitative estimate of drug-likeness (QED) is 0.113. The molecule has 42 heavy (non-hydrogen) atoms. The van der Waals surface area contributed by atoms with E-state index in [1.807, 2.05) is 36.4 Å². The second-order valence-electron chi connectivity index (χ2n) is 11.3. The van der Waals surface area contributed by atoms with Crippen LogP contribution in [0.4, 0.5) is 5.69 Å². The number of amides is 2. The molecular weight excluding hydrogens is 579 g/mol. The Kier molecular flexibility index (Phi) is 9.35. The Morgan fingerprint density at radius 3 is 2.12 bits per heavy atom. The highest BCUT2D eigenvalue weighted by Crippen LogP contribution is 2.51. The van der Waals surface area contributed by atoms with Crippen LogP contribution in [0.5, 0.6) is 0 Å². The number of hydrogen-bond acceptors (Lipinski definition) is 5. The monoisotopic (exact) mass is 619 g/mol. The van der Waals surface area contributed by atoms with E-state index in [2.05, 4.69) is 67.5 Å². The Bertz CT molecular complexity index is 1450. The first-order chi connectivity index (χ1) is 20.1. The summed E-state index contributed by atoms with van der Waals surface area (Å²) in [5, 5.41) is 6.32. The van der Waals surface area contributed by atoms with E-state index in [9.17, 15) is 9.59 Å². The number of nitrogens with two attached hydrogens (primary N) is 2. The molecule has 1 aliphatic carbocycles. The van der Waals surface area contributed by atoms with E-state index < -0.39 is 5.41 Å². The van der Waals surface area contributed by atoms with Crippen LogP contribution in [0.25, 0.3) is 16.7 Å². The first kappa shape index (κ1) is 30.6. The van der Waals surface area contributed by atoms with Gasteiger partial charge in [-0.2, -0.15) is 0 Å². The summed E-state index contributed by atoms with van der Waals surface area (Å²) in [4.78, 5) is 29.3. The molecule has 1 fully saturated rings. The number of nitrogen functional groups attached to an aromatic ring is 1. The van der Waals surface area contributed by atoms with Crippen molar-refractivity contribution >= 4 is 50.8 Å². The number of nitrogens with zero attached hydrogens (tertiary/aromatic N) is 1. The second-order valence-corrected chi connectivity index (χ2v) is 16.6. The summed E-state index contributed by atoms with van der Waals surface area (Å²) in [5.74, 6) is -0.164. The van der Waals surface area contributed by atoms with Crippen molar-refractivity contribution in [1.29, 1.82) is 0 Å². The van der Waals surface area contributed by atoms with E-state index in [1.165, 1.54) is 6.20 Å². The fourth-order valence-corrected chi connectivity index (χ4v) is 6.51. The van der Waals surface area contributed by atoms with Crippen LogP contribution in [-0.2, 0) is 15.0 Å². The number of hydrogen-bond donors (Lipinski definition) is 4. The third kappa shape index (κ3) is 6.26. The topological polar surface area (TPSA) is 113 Å². The molecule has 3 unspecified atom stereocenters. The van der Waals surface area contributed by atoms with Crippen LogP contribution in [0.1, 0.15) is 36.0 Å². The molecule has 3 aromatic carbocycles. The van der Waals surface area contributed by atoms with Gasteiger partial charge in [0.1, 0.15) is 5.41 Å². The average Bonchev–Trinajstić information content (AvgIpc) is 3.24. The van der Waals surface area contributed by atoms with Crippen molar-refractivity contribution in [1.82, 2.24) is 15.5 Å². The van der Waals surface area contributed by atoms with Crippen LogP contribution in [0.2, 0.25) is 0 Å². The number of rotatable bonds is 11. The maximum Gasteiger partial charge on any atom is 0.253 e. The van der Waals surface area contributed by atoms with Crippen LogP contribution >= 0.6 is 27.7 Å². The number of fused-ring (bicyclic) bond motifs is 3. The predicted molar refractivity (Wildman–Crippen MR) is 183 cm³/mol. The van der Waals surface area contributed by atoms with Gasteiger partial charge in [-0.25, -0.2) is 0 Å². The van der Waals surface area contributed by atoms with Crippen molar-refractivity contribution in [2.45, 2.75) is 35.4 Å². The molecule has 7 nitrogen and oxygen atoms in total. The van der Waals surface area contributed by atoms with Crippen LogP contribution in [0.15, 0.2) is 79.0 Å². The number of anilines is 1. The summed E-state index contributed by atoms with van der Waals surface area (Å²) < 4.78 is -0.258. The molecule has 3 atom stereocenters. The minimum atomic E-state index is -0.728. The lowest BCUT2D eigenvalue weighted by Gasteiger charge is -2.40. The minimum Gasteiger partial charge on any atom is -0.404 e. The Morgan fingerprint density at radius 1 is 0.929 bits per heavy atom. The van der Waals surface area contributed by atoms with E-state index in [-0.39, 0.29) is 22.5 Å². The van der Waals surface area contributed by atoms with Crippen LogP contribution < -0.4 is 22.1 Å². The SMILES string of the molecule is N/C=C(/C(=O)NC1CN(CCCCC2(C(=O)NCC(P)(P)P)c3ccccc3-c3ccccc32)C1)c1ccccc1N. The van der Waals surface area contributed by atoms with Crippen LogP contribution in [0, 0.1) is 0 Å². The highest BCUT2D eigenvalue weighted by molar-refractivity contribution is 7.57. The van der Waals surface area contributed by atoms with Gasteiger partial charge < -0.3 is 22.1 Å². The fraction of sp³-hybridized carbons (Fsp3) is 0.312. The van der Waals surface area contributed by atoms with Crippen molar-refractivity contribution in [2.24, 2.45) is 5.73 Å². The third-order valence-electron chi connectivity index (χ3n) is 8.24. The van der Waals surface area contributed by atoms with Crippen molar-refractivity contribution in [3.05, 3.63) is 95.7 Å². The molecule has 220 valence electrons. The van der Waals surface area contributed by atoms with Gasteiger partial charge in [0, 0.05) is 41.7 Å². The molecular formula is C32H40N5O2P3. The molecule has 10 heteroatoms. The smallest absolute Gasteiger partial charge is 0.253 e. The van der Waals surface area contributed by atoms with E-state index in [0.29, 0.717) is 23.4 Å². The van der Waals surface area contributed by atoms with Gasteiger partial charge in [0.05, 0.1) is 11.6 Å². The number of nitrogens with one attached hydrogen (secondary N) is 2. The molecule has 3 aromatic rings. The first-order valence-corrected chi connectivity index (χ1v) is 16.0. The number of benzene rings is 3. The molecule has 5 rings (SSSR count). The van der Waals surface area contributed by atoms with Gasteiger partial charge in [-0.3, -0.25) is 14.5 Å². The van der Waals surface area contributed by atoms with Gasteiger partial charge in [0.25, 0.3) is 5.91 Å². The molecule has 1 aliphatic heterocycles. The number of carbonyl (C=O) groups excluding carboxylic acids is 2. The molecule has 1 heterocycles. The molecule has 0 bridgehead atoms. The summed E-state index contributed by atoms with van der Waals surface area (Å²) in [5.41, 5.74) is 17.1. The number of carbonyl (C=O) groups is 2. The van der Waals surface area contributed by atoms with Gasteiger partial charge in [-0.1, -0.05) is 73.2 Å². The molecule has 0 saturated carbocycles. The van der Waals surface area contributed by atoms with E-state index in [0.717, 1.165) is 61.2 Å². The Balaban J connectivity index is 1.20. The van der Waals surface area contributed by atoms with Crippen molar-refractivity contribution < 1.29 is 9.59 Å². The van der Waals surface area contributed by atoms with Crippen molar-refractivity contribution in [3.63, 3.8) is 0 Å². The lowest BCUT2D eigenvalue weighted by Crippen LogP contribution is -2.59. The fourth-order valence-electron chi connectivity index (χ4n) is 6.20. The van der Waals surface area contributed by atoms with Gasteiger partial charge in [-0.15, -0.1) is 27.7 Å². The molecule has 0 radical (unpaired) electrons. The highest BCUT2D eigenvalue weighted by atomic mass is 31.1. The summed E-state index contributed by atoms with van der Waals surface area (Å²) >= 11 is 0. The molecule has 2 amide bonds. The van der Waals surface area contributed by atoms with E-state index in [1.54, 1.807) is 12.1 Å². The summed E-state index contributed by atoms with van der Waals surface area (Å²) in [6, 6.07) is 23.9. The summed E-state index contributed by atoms with van der Waals surface area (Å²) in [7, 11) is 8.25. The summed E-state index contributed by atoms with van der Waals surface area (Å²) in [6.07, 6.45) is 3.89. The van der Waals surface area contributed by atoms with Gasteiger partial charge in [-0.05, 0) is 47.7 Å². The number of likely N-dealkylation sites (tertiary alicyclic amines) is 1. The Labute approximate surface area is 255 Å². The molecule has 6 N–H and O–H groups in total. The van der Waals surface area contributed by atoms with Crippen molar-refractivity contribution in [3.8, 4) is 11.1 Å².